The lowest BCUT2D eigenvalue weighted by atomic mass is 9.83. The Morgan fingerprint density at radius 3 is 2.53 bits per heavy atom. The van der Waals surface area contributed by atoms with E-state index in [0.29, 0.717) is 11.9 Å². The monoisotopic (exact) mass is 455 g/mol. The van der Waals surface area contributed by atoms with Gasteiger partial charge in [-0.05, 0) is 48.8 Å². The molecule has 0 spiro atoms. The van der Waals surface area contributed by atoms with Gasteiger partial charge in [0.1, 0.15) is 5.65 Å². The van der Waals surface area contributed by atoms with Crippen molar-refractivity contribution in [3.8, 4) is 11.1 Å². The van der Waals surface area contributed by atoms with Crippen molar-refractivity contribution in [1.82, 2.24) is 14.5 Å². The molecule has 0 aliphatic heterocycles. The van der Waals surface area contributed by atoms with Crippen LogP contribution in [-0.2, 0) is 16.6 Å². The Hall–Kier alpha value is -2.45. The van der Waals surface area contributed by atoms with Gasteiger partial charge in [0.25, 0.3) is 0 Å². The Morgan fingerprint density at radius 1 is 1.16 bits per heavy atom. The fraction of sp³-hybridized carbons (Fsp3) is 0.500. The average molecular weight is 456 g/mol. The van der Waals surface area contributed by atoms with Crippen LogP contribution in [0.3, 0.4) is 0 Å². The Bertz CT molecular complexity index is 1160. The van der Waals surface area contributed by atoms with Crippen molar-refractivity contribution in [1.29, 1.82) is 0 Å². The second-order valence-electron chi connectivity index (χ2n) is 9.10. The fourth-order valence-electron chi connectivity index (χ4n) is 4.51. The lowest BCUT2D eigenvalue weighted by Gasteiger charge is -2.26. The number of anilines is 1. The van der Waals surface area contributed by atoms with E-state index in [1.165, 1.54) is 25.7 Å². The van der Waals surface area contributed by atoms with Crippen LogP contribution < -0.4 is 10.5 Å². The summed E-state index contributed by atoms with van der Waals surface area (Å²) in [6, 6.07) is 6.71. The van der Waals surface area contributed by atoms with Gasteiger partial charge >= 0.3 is 0 Å². The number of primary sulfonamides is 1. The van der Waals surface area contributed by atoms with Crippen LogP contribution in [0.2, 0.25) is 0 Å². The second-order valence-corrected chi connectivity index (χ2v) is 10.7. The molecular formula is C24H33N5O2S. The van der Waals surface area contributed by atoms with Crippen LogP contribution in [0, 0.1) is 11.8 Å². The van der Waals surface area contributed by atoms with Crippen molar-refractivity contribution >= 4 is 27.0 Å². The number of aromatic nitrogens is 3. The van der Waals surface area contributed by atoms with E-state index in [-0.39, 0.29) is 4.90 Å². The van der Waals surface area contributed by atoms with E-state index in [1.54, 1.807) is 24.3 Å². The second kappa shape index (κ2) is 9.58. The lowest BCUT2D eigenvalue weighted by Crippen LogP contribution is -2.17. The van der Waals surface area contributed by atoms with Gasteiger partial charge in [-0.2, -0.15) is 4.98 Å². The topological polar surface area (TPSA) is 103 Å². The molecule has 0 saturated heterocycles. The number of nitrogens with one attached hydrogen (secondary N) is 1. The van der Waals surface area contributed by atoms with Gasteiger partial charge in [-0.15, -0.1) is 0 Å². The van der Waals surface area contributed by atoms with E-state index < -0.39 is 10.0 Å². The summed E-state index contributed by atoms with van der Waals surface area (Å²) in [6.45, 7) is 6.29. The number of hydrogen-bond acceptors (Lipinski definition) is 5. The van der Waals surface area contributed by atoms with Gasteiger partial charge in [0, 0.05) is 36.4 Å². The Labute approximate surface area is 190 Å². The van der Waals surface area contributed by atoms with Crippen LogP contribution in [0.4, 0.5) is 5.95 Å². The number of unbranched alkanes of at least 4 members (excludes halogenated alkanes) is 1. The molecule has 2 aromatic heterocycles. The van der Waals surface area contributed by atoms with Crippen molar-refractivity contribution in [2.24, 2.45) is 17.0 Å². The molecule has 7 nitrogen and oxygen atoms in total. The highest BCUT2D eigenvalue weighted by molar-refractivity contribution is 7.89. The number of hydrogen-bond donors (Lipinski definition) is 2. The Morgan fingerprint density at radius 2 is 1.88 bits per heavy atom. The minimum atomic E-state index is -3.72. The summed E-state index contributed by atoms with van der Waals surface area (Å²) in [5.74, 6) is 2.11. The van der Waals surface area contributed by atoms with Crippen LogP contribution in [0.25, 0.3) is 22.2 Å². The number of nitrogens with zero attached hydrogens (tertiary/aromatic N) is 3. The molecule has 4 rings (SSSR count). The average Bonchev–Trinajstić information content (AvgIpc) is 3.13. The van der Waals surface area contributed by atoms with Crippen molar-refractivity contribution < 1.29 is 8.42 Å². The molecule has 0 radical (unpaired) electrons. The molecule has 1 aliphatic rings. The standard InChI is InChI=1S/C24H33N5O2S/c1-3-4-13-26-24-27-14-21-22(19-9-11-20(12-10-19)32(25,30)31)16-29(23(21)28-24)15-18-7-5-17(2)6-8-18/h9-12,14,16-18H,3-8,13,15H2,1-2H3,(H2,25,30,31)(H,26,27,28). The van der Waals surface area contributed by atoms with Gasteiger partial charge in [0.15, 0.2) is 0 Å². The molecule has 2 heterocycles. The van der Waals surface area contributed by atoms with Gasteiger partial charge < -0.3 is 9.88 Å². The molecule has 0 bridgehead atoms. The molecule has 0 amide bonds. The third-order valence-electron chi connectivity index (χ3n) is 6.51. The molecule has 1 saturated carbocycles. The first kappa shape index (κ1) is 22.7. The van der Waals surface area contributed by atoms with Gasteiger partial charge in [0.2, 0.25) is 16.0 Å². The molecule has 0 atom stereocenters. The zero-order valence-electron chi connectivity index (χ0n) is 18.9. The highest BCUT2D eigenvalue weighted by Gasteiger charge is 2.21. The number of fused-ring (bicyclic) bond motifs is 1. The number of sulfonamides is 1. The maximum absolute atomic E-state index is 11.6. The summed E-state index contributed by atoms with van der Waals surface area (Å²) in [7, 11) is -3.72. The smallest absolute Gasteiger partial charge is 0.238 e. The molecule has 3 N–H and O–H groups in total. The van der Waals surface area contributed by atoms with Crippen LogP contribution in [0.15, 0.2) is 41.6 Å². The quantitative estimate of drug-likeness (QED) is 0.476. The molecule has 3 aromatic rings. The van der Waals surface area contributed by atoms with E-state index in [2.05, 4.69) is 34.9 Å². The molecule has 1 aromatic carbocycles. The SMILES string of the molecule is CCCCNc1ncc2c(-c3ccc(S(N)(=O)=O)cc3)cn(CC3CCC(C)CC3)c2n1. The highest BCUT2D eigenvalue weighted by atomic mass is 32.2. The van der Waals surface area contributed by atoms with Crippen LogP contribution in [-0.4, -0.2) is 29.5 Å². The van der Waals surface area contributed by atoms with Gasteiger partial charge in [-0.3, -0.25) is 0 Å². The molecule has 1 fully saturated rings. The predicted octanol–water partition coefficient (Wildman–Crippen LogP) is 4.78. The van der Waals surface area contributed by atoms with Crippen molar-refractivity contribution in [2.45, 2.75) is 63.8 Å². The zero-order chi connectivity index (χ0) is 22.7. The van der Waals surface area contributed by atoms with Crippen LogP contribution in [0.5, 0.6) is 0 Å². The van der Waals surface area contributed by atoms with Crippen molar-refractivity contribution in [2.75, 3.05) is 11.9 Å². The summed E-state index contributed by atoms with van der Waals surface area (Å²) < 4.78 is 25.5. The van der Waals surface area contributed by atoms with Crippen molar-refractivity contribution in [3.05, 3.63) is 36.7 Å². The van der Waals surface area contributed by atoms with E-state index in [4.69, 9.17) is 10.1 Å². The summed E-state index contributed by atoms with van der Waals surface area (Å²) in [5, 5.41) is 9.56. The lowest BCUT2D eigenvalue weighted by molar-refractivity contribution is 0.266. The summed E-state index contributed by atoms with van der Waals surface area (Å²) in [5.41, 5.74) is 2.85. The van der Waals surface area contributed by atoms with Crippen molar-refractivity contribution in [3.63, 3.8) is 0 Å². The maximum atomic E-state index is 11.6. The van der Waals surface area contributed by atoms with E-state index >= 15 is 0 Å². The number of benzene rings is 1. The zero-order valence-corrected chi connectivity index (χ0v) is 19.7. The molecule has 8 heteroatoms. The Kier molecular flexibility index (Phi) is 6.81. The maximum Gasteiger partial charge on any atom is 0.238 e. The summed E-state index contributed by atoms with van der Waals surface area (Å²) in [4.78, 5) is 9.51. The van der Waals surface area contributed by atoms with E-state index in [9.17, 15) is 8.42 Å². The van der Waals surface area contributed by atoms with Gasteiger partial charge in [-0.1, -0.05) is 45.2 Å². The third-order valence-corrected chi connectivity index (χ3v) is 7.44. The molecule has 172 valence electrons. The number of rotatable bonds is 8. The third kappa shape index (κ3) is 5.13. The minimum absolute atomic E-state index is 0.111. The summed E-state index contributed by atoms with van der Waals surface area (Å²) in [6.07, 6.45) is 11.2. The molecule has 32 heavy (non-hydrogen) atoms. The number of nitrogens with two attached hydrogens (primary N) is 1. The fourth-order valence-corrected chi connectivity index (χ4v) is 5.03. The summed E-state index contributed by atoms with van der Waals surface area (Å²) >= 11 is 0. The first-order valence-electron chi connectivity index (χ1n) is 11.6. The van der Waals surface area contributed by atoms with E-state index in [0.717, 1.165) is 54.0 Å². The Balaban J connectivity index is 1.70. The largest absolute Gasteiger partial charge is 0.354 e. The molecule has 1 aliphatic carbocycles. The molecular weight excluding hydrogens is 422 g/mol. The first-order chi connectivity index (χ1) is 15.3. The van der Waals surface area contributed by atoms with Crippen LogP contribution >= 0.6 is 0 Å². The molecule has 0 unspecified atom stereocenters. The van der Waals surface area contributed by atoms with Gasteiger partial charge in [0.05, 0.1) is 4.90 Å². The highest BCUT2D eigenvalue weighted by Crippen LogP contribution is 2.34. The van der Waals surface area contributed by atoms with Gasteiger partial charge in [-0.25, -0.2) is 18.5 Å². The van der Waals surface area contributed by atoms with Crippen LogP contribution in [0.1, 0.15) is 52.4 Å². The first-order valence-corrected chi connectivity index (χ1v) is 13.1. The minimum Gasteiger partial charge on any atom is -0.354 e. The predicted molar refractivity (Wildman–Crippen MR) is 129 cm³/mol. The van der Waals surface area contributed by atoms with E-state index in [1.807, 2.05) is 6.20 Å². The normalized spacial score (nSPS) is 19.3.